The van der Waals surface area contributed by atoms with Crippen LogP contribution in [0.2, 0.25) is 0 Å². The van der Waals surface area contributed by atoms with E-state index in [0.717, 1.165) is 37.7 Å². The summed E-state index contributed by atoms with van der Waals surface area (Å²) in [6, 6.07) is 0. The monoisotopic (exact) mass is 362 g/mol. The van der Waals surface area contributed by atoms with Crippen molar-refractivity contribution < 1.29 is 24.1 Å². The average molecular weight is 362 g/mol. The largest absolute Gasteiger partial charge is 0.396 e. The van der Waals surface area contributed by atoms with E-state index in [1.54, 1.807) is 7.11 Å². The highest BCUT2D eigenvalue weighted by Gasteiger charge is 2.70. The van der Waals surface area contributed by atoms with Crippen molar-refractivity contribution >= 4 is 5.78 Å². The second kappa shape index (κ2) is 7.19. The van der Waals surface area contributed by atoms with Crippen LogP contribution in [-0.4, -0.2) is 50.7 Å². The van der Waals surface area contributed by atoms with Crippen molar-refractivity contribution in [2.24, 2.45) is 22.7 Å². The van der Waals surface area contributed by atoms with E-state index in [1.165, 1.54) is 0 Å². The number of ketones is 1. The van der Waals surface area contributed by atoms with Gasteiger partial charge in [-0.05, 0) is 43.4 Å². The fourth-order valence-electron chi connectivity index (χ4n) is 6.55. The fourth-order valence-corrected chi connectivity index (χ4v) is 6.55. The van der Waals surface area contributed by atoms with Crippen LogP contribution in [0.5, 0.6) is 0 Å². The molecule has 0 saturated heterocycles. The Kier molecular flexibility index (Phi) is 5.08. The Balaban J connectivity index is 1.67. The summed E-state index contributed by atoms with van der Waals surface area (Å²) in [5.41, 5.74) is 0.872. The summed E-state index contributed by atoms with van der Waals surface area (Å²) in [7, 11) is 1.61. The van der Waals surface area contributed by atoms with Gasteiger partial charge in [-0.25, -0.2) is 0 Å². The third-order valence-corrected chi connectivity index (χ3v) is 7.31. The van der Waals surface area contributed by atoms with Crippen LogP contribution in [0.25, 0.3) is 0 Å². The van der Waals surface area contributed by atoms with E-state index in [0.29, 0.717) is 31.3 Å². The van der Waals surface area contributed by atoms with Gasteiger partial charge in [-0.2, -0.15) is 0 Å². The summed E-state index contributed by atoms with van der Waals surface area (Å²) < 4.78 is 16.8. The maximum Gasteiger partial charge on any atom is 0.159 e. The number of carbonyl (C=O) groups excluding carboxylic acids is 1. The Hall–Kier alpha value is -1.01. The lowest BCUT2D eigenvalue weighted by Crippen LogP contribution is -2.47. The molecule has 5 atom stereocenters. The maximum absolute atomic E-state index is 12.8. The lowest BCUT2D eigenvalue weighted by atomic mass is 9.53. The Morgan fingerprint density at radius 1 is 1.35 bits per heavy atom. The molecule has 4 aliphatic carbocycles. The van der Waals surface area contributed by atoms with E-state index < -0.39 is 0 Å². The van der Waals surface area contributed by atoms with Crippen LogP contribution >= 0.6 is 0 Å². The van der Waals surface area contributed by atoms with Crippen LogP contribution < -0.4 is 0 Å². The van der Waals surface area contributed by atoms with Crippen LogP contribution in [0, 0.1) is 22.7 Å². The summed E-state index contributed by atoms with van der Waals surface area (Å²) in [5.74, 6) is 0.965. The van der Waals surface area contributed by atoms with Crippen molar-refractivity contribution in [2.45, 2.75) is 44.6 Å². The third-order valence-electron chi connectivity index (χ3n) is 7.31. The van der Waals surface area contributed by atoms with Crippen molar-refractivity contribution in [3.8, 4) is 0 Å². The normalized spacial score (nSPS) is 40.5. The number of aliphatic hydroxyl groups is 1. The molecule has 5 nitrogen and oxygen atoms in total. The average Bonchev–Trinajstić information content (AvgIpc) is 2.76. The molecule has 0 heterocycles. The number of aliphatic hydroxyl groups excluding tert-OH is 1. The molecule has 1 N–H and O–H groups in total. The minimum absolute atomic E-state index is 0.00180. The number of ether oxygens (including phenoxy) is 3. The van der Waals surface area contributed by atoms with Gasteiger partial charge in [0.15, 0.2) is 5.78 Å². The molecule has 144 valence electrons. The van der Waals surface area contributed by atoms with Crippen molar-refractivity contribution in [2.75, 3.05) is 33.7 Å². The quantitative estimate of drug-likeness (QED) is 0.408. The molecule has 0 aromatic heterocycles. The molecule has 1 unspecified atom stereocenters. The number of rotatable bonds is 8. The van der Waals surface area contributed by atoms with Gasteiger partial charge in [0.1, 0.15) is 6.79 Å². The molecule has 2 fully saturated rings. The van der Waals surface area contributed by atoms with Crippen LogP contribution in [-0.2, 0) is 19.0 Å². The van der Waals surface area contributed by atoms with Gasteiger partial charge in [0.25, 0.3) is 0 Å². The molecule has 0 radical (unpaired) electrons. The van der Waals surface area contributed by atoms with Crippen molar-refractivity contribution in [1.29, 1.82) is 0 Å². The lowest BCUT2D eigenvalue weighted by molar-refractivity contribution is -0.124. The van der Waals surface area contributed by atoms with Crippen molar-refractivity contribution in [3.05, 3.63) is 23.8 Å². The first kappa shape index (κ1) is 18.4. The van der Waals surface area contributed by atoms with Gasteiger partial charge in [-0.3, -0.25) is 4.79 Å². The van der Waals surface area contributed by atoms with E-state index in [9.17, 15) is 9.90 Å². The van der Waals surface area contributed by atoms with Crippen LogP contribution in [0.1, 0.15) is 38.5 Å². The van der Waals surface area contributed by atoms with E-state index in [1.807, 2.05) is 0 Å². The zero-order valence-electron chi connectivity index (χ0n) is 15.6. The maximum atomic E-state index is 12.8. The van der Waals surface area contributed by atoms with Gasteiger partial charge >= 0.3 is 0 Å². The summed E-state index contributed by atoms with van der Waals surface area (Å²) in [5, 5.41) is 9.81. The number of carbonyl (C=O) groups is 1. The van der Waals surface area contributed by atoms with Crippen molar-refractivity contribution in [1.82, 2.24) is 0 Å². The molecule has 1 spiro atoms. The zero-order chi connectivity index (χ0) is 18.2. The predicted molar refractivity (Wildman–Crippen MR) is 96.4 cm³/mol. The standard InChI is InChI=1S/C21H30O5/c1-24-14-25-12-13-26-19-16-4-2-6-18-20(16,10-11-22)9-7-15-17(23)5-3-8-21(15,18)19/h2,4,7,16,18-19,22H,3,5-6,8-14H2,1H3/t16-,18+,19?,20+,21-/m0/s1. The summed E-state index contributed by atoms with van der Waals surface area (Å²) in [4.78, 5) is 12.8. The smallest absolute Gasteiger partial charge is 0.159 e. The fraction of sp³-hybridized carbons (Fsp3) is 0.762. The lowest BCUT2D eigenvalue weighted by Gasteiger charge is -2.50. The van der Waals surface area contributed by atoms with E-state index in [2.05, 4.69) is 18.2 Å². The second-order valence-corrected chi connectivity index (χ2v) is 8.19. The third kappa shape index (κ3) is 2.48. The summed E-state index contributed by atoms with van der Waals surface area (Å²) in [6.07, 6.45) is 12.1. The number of allylic oxidation sites excluding steroid dienone is 2. The first-order valence-electron chi connectivity index (χ1n) is 9.90. The Labute approximate surface area is 155 Å². The molecule has 4 rings (SSSR count). The topological polar surface area (TPSA) is 65.0 Å². The molecule has 0 aromatic rings. The van der Waals surface area contributed by atoms with Gasteiger partial charge in [0, 0.05) is 37.0 Å². The molecule has 0 aliphatic heterocycles. The van der Waals surface area contributed by atoms with Crippen LogP contribution in [0.15, 0.2) is 23.8 Å². The zero-order valence-corrected chi connectivity index (χ0v) is 15.6. The minimum atomic E-state index is -0.182. The Bertz CT molecular complexity index is 612. The minimum Gasteiger partial charge on any atom is -0.396 e. The molecule has 4 aliphatic rings. The van der Waals surface area contributed by atoms with Crippen molar-refractivity contribution in [3.63, 3.8) is 0 Å². The van der Waals surface area contributed by atoms with E-state index in [4.69, 9.17) is 14.2 Å². The number of hydrogen-bond acceptors (Lipinski definition) is 5. The predicted octanol–water partition coefficient (Wildman–Crippen LogP) is 2.64. The number of methoxy groups -OCH3 is 1. The highest BCUT2D eigenvalue weighted by molar-refractivity contribution is 5.98. The molecule has 2 saturated carbocycles. The van der Waals surface area contributed by atoms with Gasteiger partial charge < -0.3 is 19.3 Å². The first-order valence-corrected chi connectivity index (χ1v) is 9.90. The highest BCUT2D eigenvalue weighted by Crippen LogP contribution is 2.72. The van der Waals surface area contributed by atoms with Gasteiger partial charge in [-0.1, -0.05) is 18.2 Å². The number of Topliss-reactive ketones (excluding diaryl/α,β-unsaturated/α-hetero) is 1. The first-order chi connectivity index (χ1) is 12.7. The van der Waals surface area contributed by atoms with Gasteiger partial charge in [0.05, 0.1) is 19.3 Å². The molecule has 0 amide bonds. The van der Waals surface area contributed by atoms with E-state index >= 15 is 0 Å². The Morgan fingerprint density at radius 2 is 2.23 bits per heavy atom. The van der Waals surface area contributed by atoms with Crippen LogP contribution in [0.4, 0.5) is 0 Å². The molecular formula is C21H30O5. The van der Waals surface area contributed by atoms with E-state index in [-0.39, 0.29) is 36.3 Å². The molecule has 0 aromatic carbocycles. The van der Waals surface area contributed by atoms with Gasteiger partial charge in [-0.15, -0.1) is 0 Å². The highest BCUT2D eigenvalue weighted by atomic mass is 16.7. The molecule has 4 bridgehead atoms. The number of hydrogen-bond donors (Lipinski definition) is 1. The summed E-state index contributed by atoms with van der Waals surface area (Å²) >= 11 is 0. The van der Waals surface area contributed by atoms with Gasteiger partial charge in [0.2, 0.25) is 0 Å². The molecule has 26 heavy (non-hydrogen) atoms. The molecule has 5 heteroatoms. The van der Waals surface area contributed by atoms with Crippen LogP contribution in [0.3, 0.4) is 0 Å². The summed E-state index contributed by atoms with van der Waals surface area (Å²) in [6.45, 7) is 1.45. The second-order valence-electron chi connectivity index (χ2n) is 8.19. The Morgan fingerprint density at radius 3 is 3.04 bits per heavy atom. The molecular weight excluding hydrogens is 332 g/mol. The SMILES string of the molecule is COCOCCOC1[C@@H]2C=CC[C@@H]3[C@@]2(CCO)CC=C2C(=O)CCC[C@@]213.